The first-order chi connectivity index (χ1) is 8.63. The molecule has 0 bridgehead atoms. The molecule has 1 amide bonds. The minimum atomic E-state index is -0.0762. The van der Waals surface area contributed by atoms with E-state index in [1.165, 1.54) is 5.56 Å². The maximum absolute atomic E-state index is 11.7. The van der Waals surface area contributed by atoms with Crippen LogP contribution in [0.5, 0.6) is 0 Å². The first kappa shape index (κ1) is 13.0. The predicted octanol–water partition coefficient (Wildman–Crippen LogP) is 2.36. The Bertz CT molecular complexity index is 446. The highest BCUT2D eigenvalue weighted by Gasteiger charge is 2.37. The molecule has 96 valence electrons. The van der Waals surface area contributed by atoms with E-state index < -0.39 is 0 Å². The Hall–Kier alpha value is -1.42. The first-order valence-corrected chi connectivity index (χ1v) is 6.44. The van der Waals surface area contributed by atoms with Crippen molar-refractivity contribution >= 4 is 23.2 Å². The summed E-state index contributed by atoms with van der Waals surface area (Å²) in [4.78, 5) is 13.5. The van der Waals surface area contributed by atoms with Crippen LogP contribution in [-0.4, -0.2) is 35.6 Å². The van der Waals surface area contributed by atoms with Crippen molar-refractivity contribution in [2.24, 2.45) is 0 Å². The van der Waals surface area contributed by atoms with Crippen molar-refractivity contribution in [1.29, 1.82) is 0 Å². The topological polar surface area (TPSA) is 29.5 Å². The summed E-state index contributed by atoms with van der Waals surface area (Å²) in [5, 5.41) is 0.503. The van der Waals surface area contributed by atoms with Gasteiger partial charge in [-0.2, -0.15) is 0 Å². The average molecular weight is 263 g/mol. The predicted molar refractivity (Wildman–Crippen MR) is 74.6 cm³/mol. The molecule has 1 fully saturated rings. The number of ether oxygens (including phenoxy) is 1. The number of methoxy groups -OCH3 is 1. The third-order valence-corrected chi connectivity index (χ3v) is 3.89. The number of carbonyl (C=O) groups excluding carboxylic acids is 1. The lowest BCUT2D eigenvalue weighted by Gasteiger charge is -2.22. The summed E-state index contributed by atoms with van der Waals surface area (Å²) in [7, 11) is 1.57. The van der Waals surface area contributed by atoms with Gasteiger partial charge in [-0.1, -0.05) is 30.3 Å². The van der Waals surface area contributed by atoms with Gasteiger partial charge in [-0.15, -0.1) is 0 Å². The number of carbonyl (C=O) groups is 1. The molecule has 1 aliphatic heterocycles. The van der Waals surface area contributed by atoms with Gasteiger partial charge >= 0.3 is 0 Å². The first-order valence-electron chi connectivity index (χ1n) is 6.03. The van der Waals surface area contributed by atoms with Crippen molar-refractivity contribution in [3.8, 4) is 0 Å². The monoisotopic (exact) mass is 263 g/mol. The van der Waals surface area contributed by atoms with Gasteiger partial charge in [0.2, 0.25) is 5.91 Å². The second kappa shape index (κ2) is 5.48. The second-order valence-corrected chi connectivity index (χ2v) is 4.96. The van der Waals surface area contributed by atoms with Gasteiger partial charge in [-0.3, -0.25) is 4.79 Å². The fourth-order valence-electron chi connectivity index (χ4n) is 2.51. The maximum atomic E-state index is 11.7. The standard InChI is InChI=1S/C14H17NO2S/c1-10(16)15-9-12(8-13(15)14(18)17-2)11-6-4-3-5-7-11/h3-7,12-13H,8-9H2,1-2H3/t12-,13-/m0/s1. The zero-order chi connectivity index (χ0) is 13.1. The number of hydrogen-bond donors (Lipinski definition) is 0. The third-order valence-electron chi connectivity index (χ3n) is 3.45. The maximum Gasteiger partial charge on any atom is 0.220 e. The summed E-state index contributed by atoms with van der Waals surface area (Å²) in [6, 6.07) is 10.2. The van der Waals surface area contributed by atoms with Crippen LogP contribution in [0.25, 0.3) is 0 Å². The minimum Gasteiger partial charge on any atom is -0.488 e. The van der Waals surface area contributed by atoms with Gasteiger partial charge in [0.05, 0.1) is 7.11 Å². The zero-order valence-electron chi connectivity index (χ0n) is 10.6. The summed E-state index contributed by atoms with van der Waals surface area (Å²) in [5.41, 5.74) is 1.25. The Labute approximate surface area is 113 Å². The van der Waals surface area contributed by atoms with Crippen LogP contribution in [0.3, 0.4) is 0 Å². The van der Waals surface area contributed by atoms with Gasteiger partial charge in [0.15, 0.2) is 5.05 Å². The largest absolute Gasteiger partial charge is 0.488 e. The lowest BCUT2D eigenvalue weighted by atomic mass is 9.97. The second-order valence-electron chi connectivity index (χ2n) is 4.55. The molecule has 0 aromatic heterocycles. The lowest BCUT2D eigenvalue weighted by Crippen LogP contribution is -2.39. The molecule has 0 spiro atoms. The number of nitrogens with zero attached hydrogens (tertiary/aromatic N) is 1. The number of rotatable bonds is 2. The van der Waals surface area contributed by atoms with Gasteiger partial charge in [-0.05, 0) is 24.2 Å². The molecule has 0 radical (unpaired) electrons. The SMILES string of the molecule is COC(=S)[C@@H]1C[C@H](c2ccccc2)CN1C(C)=O. The Morgan fingerprint density at radius 1 is 1.39 bits per heavy atom. The molecular weight excluding hydrogens is 246 g/mol. The number of thiocarbonyl (C=S) groups is 1. The number of hydrogen-bond acceptors (Lipinski definition) is 3. The van der Waals surface area contributed by atoms with Crippen molar-refractivity contribution in [2.75, 3.05) is 13.7 Å². The zero-order valence-corrected chi connectivity index (χ0v) is 11.4. The van der Waals surface area contributed by atoms with Crippen molar-refractivity contribution in [3.63, 3.8) is 0 Å². The molecular formula is C14H17NO2S. The molecule has 1 aliphatic rings. The summed E-state index contributed by atoms with van der Waals surface area (Å²) in [6.45, 7) is 2.30. The highest BCUT2D eigenvalue weighted by Crippen LogP contribution is 2.32. The average Bonchev–Trinajstić information content (AvgIpc) is 2.84. The third kappa shape index (κ3) is 2.53. The van der Waals surface area contributed by atoms with Crippen LogP contribution in [0, 0.1) is 0 Å². The van der Waals surface area contributed by atoms with E-state index in [4.69, 9.17) is 17.0 Å². The molecule has 2 atom stereocenters. The normalized spacial score (nSPS) is 22.9. The highest BCUT2D eigenvalue weighted by atomic mass is 32.1. The molecule has 0 N–H and O–H groups in total. The van der Waals surface area contributed by atoms with Crippen LogP contribution in [0.2, 0.25) is 0 Å². The quantitative estimate of drug-likeness (QED) is 0.767. The molecule has 3 nitrogen and oxygen atoms in total. The summed E-state index contributed by atoms with van der Waals surface area (Å²) < 4.78 is 5.14. The van der Waals surface area contributed by atoms with E-state index in [2.05, 4.69) is 12.1 Å². The summed E-state index contributed by atoms with van der Waals surface area (Å²) in [5.74, 6) is 0.394. The fourth-order valence-corrected chi connectivity index (χ4v) is 2.73. The Kier molecular flexibility index (Phi) is 3.97. The van der Waals surface area contributed by atoms with E-state index in [0.717, 1.165) is 6.42 Å². The Morgan fingerprint density at radius 2 is 2.06 bits per heavy atom. The van der Waals surface area contributed by atoms with Gasteiger partial charge in [0.1, 0.15) is 6.04 Å². The number of likely N-dealkylation sites (tertiary alicyclic amines) is 1. The molecule has 1 aromatic carbocycles. The van der Waals surface area contributed by atoms with E-state index in [1.54, 1.807) is 14.0 Å². The Balaban J connectivity index is 2.19. The van der Waals surface area contributed by atoms with E-state index in [0.29, 0.717) is 17.5 Å². The van der Waals surface area contributed by atoms with Crippen molar-refractivity contribution in [2.45, 2.75) is 25.3 Å². The summed E-state index contributed by atoms with van der Waals surface area (Å²) in [6.07, 6.45) is 0.844. The van der Waals surface area contributed by atoms with Crippen LogP contribution < -0.4 is 0 Å². The van der Waals surface area contributed by atoms with Crippen LogP contribution >= 0.6 is 12.2 Å². The number of amides is 1. The van der Waals surface area contributed by atoms with Gasteiger partial charge in [-0.25, -0.2) is 0 Å². The van der Waals surface area contributed by atoms with Gasteiger partial charge < -0.3 is 9.64 Å². The van der Waals surface area contributed by atoms with Crippen LogP contribution in [0.4, 0.5) is 0 Å². The number of benzene rings is 1. The lowest BCUT2D eigenvalue weighted by molar-refractivity contribution is -0.128. The van der Waals surface area contributed by atoms with E-state index >= 15 is 0 Å². The molecule has 0 aliphatic carbocycles. The van der Waals surface area contributed by atoms with Crippen LogP contribution in [0.15, 0.2) is 30.3 Å². The van der Waals surface area contributed by atoms with Crippen molar-refractivity contribution < 1.29 is 9.53 Å². The fraction of sp³-hybridized carbons (Fsp3) is 0.429. The molecule has 1 heterocycles. The molecule has 18 heavy (non-hydrogen) atoms. The van der Waals surface area contributed by atoms with E-state index in [-0.39, 0.29) is 11.9 Å². The highest BCUT2D eigenvalue weighted by molar-refractivity contribution is 7.80. The molecule has 4 heteroatoms. The molecule has 1 aromatic rings. The Morgan fingerprint density at radius 3 is 2.61 bits per heavy atom. The molecule has 0 saturated carbocycles. The van der Waals surface area contributed by atoms with E-state index in [1.807, 2.05) is 23.1 Å². The van der Waals surface area contributed by atoms with Gasteiger partial charge in [0, 0.05) is 19.4 Å². The van der Waals surface area contributed by atoms with Crippen LogP contribution in [0.1, 0.15) is 24.8 Å². The minimum absolute atomic E-state index is 0.0535. The van der Waals surface area contributed by atoms with Crippen LogP contribution in [-0.2, 0) is 9.53 Å². The van der Waals surface area contributed by atoms with Gasteiger partial charge in [0.25, 0.3) is 0 Å². The summed E-state index contributed by atoms with van der Waals surface area (Å²) >= 11 is 5.20. The van der Waals surface area contributed by atoms with Crippen molar-refractivity contribution in [1.82, 2.24) is 4.90 Å². The molecule has 0 unspecified atom stereocenters. The van der Waals surface area contributed by atoms with Crippen molar-refractivity contribution in [3.05, 3.63) is 35.9 Å². The molecule has 1 saturated heterocycles. The van der Waals surface area contributed by atoms with E-state index in [9.17, 15) is 4.79 Å². The smallest absolute Gasteiger partial charge is 0.220 e. The molecule has 2 rings (SSSR count).